The molecule has 0 atom stereocenters. The predicted molar refractivity (Wildman–Crippen MR) is 115 cm³/mol. The summed E-state index contributed by atoms with van der Waals surface area (Å²) in [5.41, 5.74) is 4.18. The molecule has 1 aliphatic heterocycles. The number of carbonyl (C=O) groups is 1. The Labute approximate surface area is 173 Å². The van der Waals surface area contributed by atoms with Crippen molar-refractivity contribution in [3.05, 3.63) is 72.4 Å². The monoisotopic (exact) mass is 400 g/mol. The van der Waals surface area contributed by atoms with Crippen LogP contribution in [0.25, 0.3) is 22.7 Å². The summed E-state index contributed by atoms with van der Waals surface area (Å²) in [7, 11) is 0. The van der Waals surface area contributed by atoms with Crippen LogP contribution < -0.4 is 10.2 Å². The second-order valence-corrected chi connectivity index (χ2v) is 7.00. The lowest BCUT2D eigenvalue weighted by Crippen LogP contribution is -2.37. The van der Waals surface area contributed by atoms with Crippen LogP contribution in [0.3, 0.4) is 0 Å². The fourth-order valence-electron chi connectivity index (χ4n) is 3.57. The third kappa shape index (κ3) is 3.62. The Bertz CT molecular complexity index is 1160. The van der Waals surface area contributed by atoms with Crippen molar-refractivity contribution in [2.24, 2.45) is 0 Å². The summed E-state index contributed by atoms with van der Waals surface area (Å²) in [6, 6.07) is 18.7. The average molecular weight is 400 g/mol. The van der Waals surface area contributed by atoms with E-state index in [1.807, 2.05) is 54.6 Å². The van der Waals surface area contributed by atoms with E-state index >= 15 is 0 Å². The Morgan fingerprint density at radius 3 is 2.73 bits per heavy atom. The highest BCUT2D eigenvalue weighted by Crippen LogP contribution is 2.27. The molecule has 0 saturated carbocycles. The molecule has 2 aromatic carbocycles. The van der Waals surface area contributed by atoms with Crippen molar-refractivity contribution >= 4 is 28.5 Å². The van der Waals surface area contributed by atoms with E-state index in [4.69, 9.17) is 9.15 Å². The summed E-state index contributed by atoms with van der Waals surface area (Å²) in [6.07, 6.45) is 1.68. The topological polar surface area (TPSA) is 80.5 Å². The molecular weight excluding hydrogens is 380 g/mol. The molecule has 5 rings (SSSR count). The van der Waals surface area contributed by atoms with Crippen LogP contribution >= 0.6 is 0 Å². The van der Waals surface area contributed by atoms with Crippen molar-refractivity contribution in [2.75, 3.05) is 36.5 Å². The van der Waals surface area contributed by atoms with Crippen LogP contribution in [0.15, 0.2) is 71.3 Å². The first kappa shape index (κ1) is 18.3. The molecule has 0 spiro atoms. The summed E-state index contributed by atoms with van der Waals surface area (Å²) in [5.74, 6) is 0.307. The SMILES string of the molecule is O=C(Nc1cccc(-c2nc3ncccc3o2)c1)c1ccccc1N1CCOCC1. The maximum Gasteiger partial charge on any atom is 0.257 e. The number of carbonyl (C=O) groups excluding carboxylic acids is 1. The molecule has 0 unspecified atom stereocenters. The molecule has 0 bridgehead atoms. The number of ether oxygens (including phenoxy) is 1. The van der Waals surface area contributed by atoms with Crippen LogP contribution in [0, 0.1) is 0 Å². The van der Waals surface area contributed by atoms with Gasteiger partial charge in [0.15, 0.2) is 11.2 Å². The summed E-state index contributed by atoms with van der Waals surface area (Å²) in [6.45, 7) is 2.87. The first-order chi connectivity index (χ1) is 14.8. The Hall–Kier alpha value is -3.71. The van der Waals surface area contributed by atoms with Crippen molar-refractivity contribution in [2.45, 2.75) is 0 Å². The first-order valence-corrected chi connectivity index (χ1v) is 9.83. The molecule has 150 valence electrons. The van der Waals surface area contributed by atoms with Crippen molar-refractivity contribution in [3.8, 4) is 11.5 Å². The van der Waals surface area contributed by atoms with Crippen LogP contribution in [0.4, 0.5) is 11.4 Å². The van der Waals surface area contributed by atoms with Crippen molar-refractivity contribution in [3.63, 3.8) is 0 Å². The second-order valence-electron chi connectivity index (χ2n) is 7.00. The number of morpholine rings is 1. The number of nitrogens with one attached hydrogen (secondary N) is 1. The predicted octanol–water partition coefficient (Wildman–Crippen LogP) is 3.98. The maximum absolute atomic E-state index is 13.0. The molecule has 1 saturated heterocycles. The number of amides is 1. The third-order valence-corrected chi connectivity index (χ3v) is 5.03. The number of fused-ring (bicyclic) bond motifs is 1. The molecule has 1 fully saturated rings. The Morgan fingerprint density at radius 2 is 1.87 bits per heavy atom. The lowest BCUT2D eigenvalue weighted by atomic mass is 10.1. The molecule has 0 radical (unpaired) electrons. The summed E-state index contributed by atoms with van der Waals surface area (Å²) >= 11 is 0. The number of benzene rings is 2. The van der Waals surface area contributed by atoms with Gasteiger partial charge in [-0.1, -0.05) is 18.2 Å². The zero-order valence-electron chi connectivity index (χ0n) is 16.2. The maximum atomic E-state index is 13.0. The lowest BCUT2D eigenvalue weighted by molar-refractivity contribution is 0.102. The van der Waals surface area contributed by atoms with Gasteiger partial charge in [-0.3, -0.25) is 4.79 Å². The van der Waals surface area contributed by atoms with Gasteiger partial charge in [0, 0.05) is 36.2 Å². The van der Waals surface area contributed by atoms with Crippen molar-refractivity contribution in [1.29, 1.82) is 0 Å². The number of aromatic nitrogens is 2. The van der Waals surface area contributed by atoms with Crippen molar-refractivity contribution < 1.29 is 13.9 Å². The Balaban J connectivity index is 1.40. The highest BCUT2D eigenvalue weighted by Gasteiger charge is 2.19. The van der Waals surface area contributed by atoms with E-state index < -0.39 is 0 Å². The minimum atomic E-state index is -0.159. The zero-order chi connectivity index (χ0) is 20.3. The summed E-state index contributed by atoms with van der Waals surface area (Å²) in [5, 5.41) is 3.00. The molecular formula is C23H20N4O3. The van der Waals surface area contributed by atoms with Crippen LogP contribution in [-0.2, 0) is 4.74 Å². The fraction of sp³-hybridized carbons (Fsp3) is 0.174. The largest absolute Gasteiger partial charge is 0.434 e. The van der Waals surface area contributed by atoms with E-state index in [2.05, 4.69) is 20.2 Å². The molecule has 3 heterocycles. The van der Waals surface area contributed by atoms with Gasteiger partial charge in [0.1, 0.15) is 0 Å². The minimum absolute atomic E-state index is 0.159. The van der Waals surface area contributed by atoms with Gasteiger partial charge < -0.3 is 19.4 Å². The molecule has 7 heteroatoms. The van der Waals surface area contributed by atoms with E-state index in [1.54, 1.807) is 12.3 Å². The molecule has 1 amide bonds. The third-order valence-electron chi connectivity index (χ3n) is 5.03. The van der Waals surface area contributed by atoms with Gasteiger partial charge in [0.05, 0.1) is 18.8 Å². The van der Waals surface area contributed by atoms with Gasteiger partial charge in [-0.05, 0) is 42.5 Å². The number of nitrogens with zero attached hydrogens (tertiary/aromatic N) is 3. The normalized spacial score (nSPS) is 14.1. The molecule has 0 aliphatic carbocycles. The van der Waals surface area contributed by atoms with E-state index in [-0.39, 0.29) is 5.91 Å². The number of para-hydroxylation sites is 1. The summed E-state index contributed by atoms with van der Waals surface area (Å²) in [4.78, 5) is 23.9. The van der Waals surface area contributed by atoms with E-state index in [0.29, 0.717) is 41.6 Å². The number of rotatable bonds is 4. The quantitative estimate of drug-likeness (QED) is 0.558. The second kappa shape index (κ2) is 7.96. The van der Waals surface area contributed by atoms with Gasteiger partial charge in [-0.15, -0.1) is 0 Å². The summed E-state index contributed by atoms with van der Waals surface area (Å²) < 4.78 is 11.2. The number of pyridine rings is 1. The van der Waals surface area contributed by atoms with E-state index in [1.165, 1.54) is 0 Å². The minimum Gasteiger partial charge on any atom is -0.434 e. The number of hydrogen-bond donors (Lipinski definition) is 1. The average Bonchev–Trinajstić information content (AvgIpc) is 3.24. The fourth-order valence-corrected chi connectivity index (χ4v) is 3.57. The van der Waals surface area contributed by atoms with Gasteiger partial charge in [0.2, 0.25) is 5.89 Å². The molecule has 30 heavy (non-hydrogen) atoms. The van der Waals surface area contributed by atoms with Crippen LogP contribution in [0.2, 0.25) is 0 Å². The van der Waals surface area contributed by atoms with Crippen LogP contribution in [-0.4, -0.2) is 42.2 Å². The van der Waals surface area contributed by atoms with Crippen LogP contribution in [0.5, 0.6) is 0 Å². The highest BCUT2D eigenvalue weighted by molar-refractivity contribution is 6.08. The van der Waals surface area contributed by atoms with E-state index in [0.717, 1.165) is 24.3 Å². The zero-order valence-corrected chi connectivity index (χ0v) is 16.2. The molecule has 7 nitrogen and oxygen atoms in total. The highest BCUT2D eigenvalue weighted by atomic mass is 16.5. The van der Waals surface area contributed by atoms with Crippen LogP contribution in [0.1, 0.15) is 10.4 Å². The lowest BCUT2D eigenvalue weighted by Gasteiger charge is -2.30. The van der Waals surface area contributed by atoms with Gasteiger partial charge in [0.25, 0.3) is 5.91 Å². The number of hydrogen-bond acceptors (Lipinski definition) is 6. The standard InChI is InChI=1S/C23H20N4O3/c28-22(18-7-1-2-8-19(18)27-11-13-29-14-12-27)25-17-6-3-5-16(15-17)23-26-21-20(30-23)9-4-10-24-21/h1-10,15H,11-14H2,(H,25,28). The Kier molecular flexibility index (Phi) is 4.86. The number of oxazole rings is 1. The van der Waals surface area contributed by atoms with Crippen molar-refractivity contribution in [1.82, 2.24) is 9.97 Å². The number of anilines is 2. The smallest absolute Gasteiger partial charge is 0.257 e. The molecule has 1 N–H and O–H groups in total. The molecule has 4 aromatic rings. The Morgan fingerprint density at radius 1 is 1.00 bits per heavy atom. The van der Waals surface area contributed by atoms with Gasteiger partial charge >= 0.3 is 0 Å². The van der Waals surface area contributed by atoms with Gasteiger partial charge in [-0.2, -0.15) is 4.98 Å². The van der Waals surface area contributed by atoms with Gasteiger partial charge in [-0.25, -0.2) is 4.98 Å². The first-order valence-electron chi connectivity index (χ1n) is 9.83. The van der Waals surface area contributed by atoms with E-state index in [9.17, 15) is 4.79 Å². The molecule has 2 aromatic heterocycles. The molecule has 1 aliphatic rings.